The number of carbonyl (C=O) groups excluding carboxylic acids is 4. The first-order valence-electron chi connectivity index (χ1n) is 12.3. The van der Waals surface area contributed by atoms with E-state index in [-0.39, 0.29) is 41.9 Å². The van der Waals surface area contributed by atoms with Crippen LogP contribution in [-0.2, 0) is 24.6 Å². The van der Waals surface area contributed by atoms with Gasteiger partial charge < -0.3 is 26.0 Å². The van der Waals surface area contributed by atoms with Crippen molar-refractivity contribution >= 4 is 62.5 Å². The quantitative estimate of drug-likeness (QED) is 0.129. The van der Waals surface area contributed by atoms with Gasteiger partial charge in [-0.3, -0.25) is 19.3 Å². The third-order valence-electron chi connectivity index (χ3n) is 5.58. The Bertz CT molecular complexity index is 1690. The van der Waals surface area contributed by atoms with Crippen LogP contribution < -0.4 is 21.2 Å². The number of pyridine rings is 1. The highest BCUT2D eigenvalue weighted by Gasteiger charge is 2.45. The molecular formula is C22H26N10O9S2. The molecule has 2 fully saturated rings. The first-order valence-corrected chi connectivity index (χ1v) is 14.6. The number of nitrogens with two attached hydrogens (primary N) is 1. The molecule has 1 atom stereocenters. The topological polar surface area (TPSA) is 262 Å². The van der Waals surface area contributed by atoms with Crippen molar-refractivity contribution in [3.63, 3.8) is 0 Å². The second kappa shape index (κ2) is 11.7. The van der Waals surface area contributed by atoms with Gasteiger partial charge in [-0.2, -0.15) is 13.5 Å². The van der Waals surface area contributed by atoms with Gasteiger partial charge >= 0.3 is 22.3 Å². The molecule has 0 radical (unpaired) electrons. The van der Waals surface area contributed by atoms with Crippen molar-refractivity contribution in [1.82, 2.24) is 34.2 Å². The van der Waals surface area contributed by atoms with Crippen LogP contribution in [0, 0.1) is 0 Å². The fourth-order valence-corrected chi connectivity index (χ4v) is 5.08. The number of nitrogen functional groups attached to an aromatic ring is 1. The molecule has 0 bridgehead atoms. The Morgan fingerprint density at radius 1 is 1.28 bits per heavy atom. The molecule has 2 aromatic heterocycles. The van der Waals surface area contributed by atoms with Gasteiger partial charge in [0.05, 0.1) is 31.5 Å². The van der Waals surface area contributed by atoms with E-state index in [2.05, 4.69) is 25.5 Å². The Labute approximate surface area is 247 Å². The number of rotatable bonds is 8. The summed E-state index contributed by atoms with van der Waals surface area (Å²) in [5.74, 6) is -2.29. The number of oxime groups is 1. The van der Waals surface area contributed by atoms with Gasteiger partial charge in [0.25, 0.3) is 11.8 Å². The molecule has 19 nitrogen and oxygen atoms in total. The fraction of sp³-hybridized carbons (Fsp3) is 0.364. The van der Waals surface area contributed by atoms with E-state index in [1.807, 2.05) is 0 Å². The number of imide groups is 1. The zero-order valence-electron chi connectivity index (χ0n) is 22.8. The van der Waals surface area contributed by atoms with Crippen molar-refractivity contribution in [1.29, 1.82) is 0 Å². The number of hydrogen-bond acceptors (Lipinski definition) is 14. The summed E-state index contributed by atoms with van der Waals surface area (Å²) in [4.78, 5) is 74.6. The Hall–Kier alpha value is -5.05. The van der Waals surface area contributed by atoms with Crippen LogP contribution in [0.15, 0.2) is 32.7 Å². The summed E-state index contributed by atoms with van der Waals surface area (Å²) in [5.41, 5.74) is 4.14. The maximum Gasteiger partial charge on any atom is 0.355 e. The molecule has 4 rings (SSSR count). The summed E-state index contributed by atoms with van der Waals surface area (Å²) in [7, 11) is -4.75. The summed E-state index contributed by atoms with van der Waals surface area (Å²) in [6.07, 6.45) is 2.08. The molecular weight excluding hydrogens is 612 g/mol. The number of β-lactam (4-membered cyclic amide) rings is 1. The van der Waals surface area contributed by atoms with E-state index in [1.54, 1.807) is 25.5 Å². The van der Waals surface area contributed by atoms with Crippen molar-refractivity contribution < 1.29 is 37.5 Å². The smallest absolute Gasteiger partial charge is 0.355 e. The molecule has 2 aliphatic rings. The zero-order chi connectivity index (χ0) is 31.7. The molecule has 0 aromatic carbocycles. The van der Waals surface area contributed by atoms with Gasteiger partial charge in [-0.1, -0.05) is 5.16 Å². The zero-order valence-corrected chi connectivity index (χ0v) is 24.4. The molecule has 0 aliphatic carbocycles. The molecule has 0 saturated carbocycles. The largest absolute Gasteiger partial charge is 0.503 e. The van der Waals surface area contributed by atoms with E-state index >= 15 is 0 Å². The lowest BCUT2D eigenvalue weighted by atomic mass is 10.1. The lowest BCUT2D eigenvalue weighted by Crippen LogP contribution is -2.68. The molecule has 4 heterocycles. The van der Waals surface area contributed by atoms with Crippen molar-refractivity contribution in [3.05, 3.63) is 39.3 Å². The Kier molecular flexibility index (Phi) is 8.39. The van der Waals surface area contributed by atoms with E-state index < -0.39 is 56.9 Å². The molecule has 6 N–H and O–H groups in total. The molecule has 0 unspecified atom stereocenters. The fourth-order valence-electron chi connectivity index (χ4n) is 3.47. The minimum Gasteiger partial charge on any atom is -0.503 e. The van der Waals surface area contributed by atoms with E-state index in [9.17, 15) is 37.5 Å². The molecule has 0 spiro atoms. The van der Waals surface area contributed by atoms with Gasteiger partial charge in [0.2, 0.25) is 5.43 Å². The van der Waals surface area contributed by atoms with E-state index in [0.29, 0.717) is 9.21 Å². The lowest BCUT2D eigenvalue weighted by Gasteiger charge is -2.36. The summed E-state index contributed by atoms with van der Waals surface area (Å²) >= 11 is 1.05. The Balaban J connectivity index is 1.35. The number of anilines is 1. The number of aromatic amines is 1. The normalized spacial score (nSPS) is 17.8. The van der Waals surface area contributed by atoms with Crippen molar-refractivity contribution in [2.24, 2.45) is 10.3 Å². The Morgan fingerprint density at radius 3 is 2.60 bits per heavy atom. The molecule has 2 aliphatic heterocycles. The number of nitrogens with one attached hydrogen (secondary N) is 3. The summed E-state index contributed by atoms with van der Waals surface area (Å²) in [6, 6.07) is -2.63. The third-order valence-corrected chi connectivity index (χ3v) is 7.60. The van der Waals surface area contributed by atoms with Crippen LogP contribution in [0.1, 0.15) is 32.2 Å². The van der Waals surface area contributed by atoms with Crippen LogP contribution in [0.3, 0.4) is 0 Å². The maximum atomic E-state index is 12.9. The summed E-state index contributed by atoms with van der Waals surface area (Å²) in [5, 5.41) is 21.7. The standard InChI is InChI=1S/C22H26N10O9S2/c1-22(2,3)41-28-16(13-10-42-19(23)27-13)17(35)26-12-9-30(18(12)36)20(37)29-43(39,40)32-5-4-31(21(32)38)25-7-11-6-14(33)15(34)8-24-11/h6-8,10,12,34H,4-5,9H2,1-3H3,(H2,23,27)(H,24,33)(H,26,35)(H,29,37)/t12-/m0/s1. The Morgan fingerprint density at radius 2 is 2.00 bits per heavy atom. The average Bonchev–Trinajstić information content (AvgIpc) is 3.51. The number of nitrogens with zero attached hydrogens (tertiary/aromatic N) is 6. The first-order chi connectivity index (χ1) is 20.1. The number of likely N-dealkylation sites (tertiary alicyclic amines) is 1. The molecule has 2 saturated heterocycles. The number of amides is 6. The van der Waals surface area contributed by atoms with Crippen LogP contribution in [0.2, 0.25) is 0 Å². The highest BCUT2D eigenvalue weighted by molar-refractivity contribution is 7.88. The number of thiazole rings is 1. The maximum absolute atomic E-state index is 12.9. The number of aromatic hydroxyl groups is 1. The highest BCUT2D eigenvalue weighted by atomic mass is 32.2. The highest BCUT2D eigenvalue weighted by Crippen LogP contribution is 2.18. The lowest BCUT2D eigenvalue weighted by molar-refractivity contribution is -0.141. The third kappa shape index (κ3) is 7.06. The van der Waals surface area contributed by atoms with E-state index in [0.717, 1.165) is 34.8 Å². The van der Waals surface area contributed by atoms with Gasteiger partial charge in [-0.15, -0.1) is 11.3 Å². The number of hydrazone groups is 1. The summed E-state index contributed by atoms with van der Waals surface area (Å²) < 4.78 is 27.4. The molecule has 21 heteroatoms. The number of hydrogen-bond donors (Lipinski definition) is 5. The number of urea groups is 2. The predicted molar refractivity (Wildman–Crippen MR) is 150 cm³/mol. The minimum absolute atomic E-state index is 0.0988. The van der Waals surface area contributed by atoms with E-state index in [4.69, 9.17) is 10.6 Å². The number of H-pyrrole nitrogens is 1. The summed E-state index contributed by atoms with van der Waals surface area (Å²) in [6.45, 7) is 4.15. The van der Waals surface area contributed by atoms with Gasteiger partial charge in [0.1, 0.15) is 17.3 Å². The predicted octanol–water partition coefficient (Wildman–Crippen LogP) is -1.31. The van der Waals surface area contributed by atoms with Crippen LogP contribution in [0.4, 0.5) is 14.7 Å². The second-order valence-electron chi connectivity index (χ2n) is 9.96. The molecule has 2 aromatic rings. The van der Waals surface area contributed by atoms with Crippen molar-refractivity contribution in [2.45, 2.75) is 32.4 Å². The van der Waals surface area contributed by atoms with E-state index in [1.165, 1.54) is 5.38 Å². The van der Waals surface area contributed by atoms with Crippen molar-refractivity contribution in [2.75, 3.05) is 25.4 Å². The average molecular weight is 639 g/mol. The van der Waals surface area contributed by atoms with Gasteiger partial charge in [0.15, 0.2) is 16.6 Å². The van der Waals surface area contributed by atoms with Crippen LogP contribution in [0.5, 0.6) is 5.75 Å². The van der Waals surface area contributed by atoms with Crippen LogP contribution >= 0.6 is 11.3 Å². The molecule has 43 heavy (non-hydrogen) atoms. The first kappa shape index (κ1) is 30.9. The van der Waals surface area contributed by atoms with Gasteiger partial charge in [0, 0.05) is 17.6 Å². The van der Waals surface area contributed by atoms with Crippen molar-refractivity contribution in [3.8, 4) is 5.75 Å². The van der Waals surface area contributed by atoms with Gasteiger partial charge in [-0.05, 0) is 20.8 Å². The SMILES string of the molecule is CC(C)(C)ON=C(C(=O)N[C@H]1CN(C(=O)NS(=O)(=O)N2CCN(N=Cc3cc(=O)c(O)c[nH]3)C2=O)C1=O)c1csc(N)n1. The number of carbonyl (C=O) groups is 4. The number of aromatic nitrogens is 2. The van der Waals surface area contributed by atoms with Crippen LogP contribution in [0.25, 0.3) is 0 Å². The minimum atomic E-state index is -4.75. The molecule has 230 valence electrons. The second-order valence-corrected chi connectivity index (χ2v) is 12.4. The molecule has 6 amide bonds. The van der Waals surface area contributed by atoms with Crippen LogP contribution in [-0.4, -0.2) is 105 Å². The monoisotopic (exact) mass is 638 g/mol. The van der Waals surface area contributed by atoms with Gasteiger partial charge in [-0.25, -0.2) is 28.6 Å².